The molecule has 0 fully saturated rings. The summed E-state index contributed by atoms with van der Waals surface area (Å²) in [5.41, 5.74) is 7.05. The van der Waals surface area contributed by atoms with Gasteiger partial charge in [0.25, 0.3) is 0 Å². The first-order chi connectivity index (χ1) is 8.08. The van der Waals surface area contributed by atoms with Crippen LogP contribution in [0.1, 0.15) is 24.4 Å². The van der Waals surface area contributed by atoms with E-state index in [-0.39, 0.29) is 11.4 Å². The Labute approximate surface area is 100 Å². The van der Waals surface area contributed by atoms with Crippen molar-refractivity contribution in [2.24, 2.45) is 5.73 Å². The van der Waals surface area contributed by atoms with E-state index in [1.54, 1.807) is 18.2 Å². The smallest absolute Gasteiger partial charge is 0.396 e. The first kappa shape index (κ1) is 11.8. The van der Waals surface area contributed by atoms with Gasteiger partial charge in [-0.25, -0.2) is 4.79 Å². The summed E-state index contributed by atoms with van der Waals surface area (Å²) in [6.07, 6.45) is 0.305. The molecule has 0 amide bonds. The molecular formula is C11H11NO4S. The third-order valence-corrected chi connectivity index (χ3v) is 3.25. The van der Waals surface area contributed by atoms with E-state index >= 15 is 0 Å². The second-order valence-corrected chi connectivity index (χ2v) is 4.64. The second-order valence-electron chi connectivity index (χ2n) is 3.67. The number of benzene rings is 1. The van der Waals surface area contributed by atoms with Gasteiger partial charge in [0.1, 0.15) is 0 Å². The van der Waals surface area contributed by atoms with Crippen LogP contribution in [0.15, 0.2) is 27.4 Å². The largest absolute Gasteiger partial charge is 0.481 e. The van der Waals surface area contributed by atoms with Crippen molar-refractivity contribution in [3.05, 3.63) is 33.5 Å². The Hall–Kier alpha value is -1.66. The zero-order valence-corrected chi connectivity index (χ0v) is 9.70. The molecule has 1 aromatic heterocycles. The van der Waals surface area contributed by atoms with E-state index in [0.717, 1.165) is 16.0 Å². The Morgan fingerprint density at radius 3 is 3.00 bits per heavy atom. The standard InChI is InChI=1S/C11H11NO4S/c12-7(4-5-9(13)14)6-2-1-3-8-10(6)16-11(15)17-8/h1-3,7H,4-5,12H2,(H,13,14). The van der Waals surface area contributed by atoms with E-state index in [1.165, 1.54) is 0 Å². The normalized spacial score (nSPS) is 12.8. The molecule has 1 aromatic carbocycles. The average Bonchev–Trinajstić information content (AvgIpc) is 2.65. The summed E-state index contributed by atoms with van der Waals surface area (Å²) in [5, 5.41) is 8.60. The number of carboxylic acid groups (broad SMARTS) is 1. The number of carboxylic acids is 1. The molecular weight excluding hydrogens is 242 g/mol. The van der Waals surface area contributed by atoms with Crippen molar-refractivity contribution in [1.82, 2.24) is 0 Å². The molecule has 6 heteroatoms. The molecule has 1 unspecified atom stereocenters. The number of hydrogen-bond donors (Lipinski definition) is 2. The van der Waals surface area contributed by atoms with Crippen LogP contribution in [0.25, 0.3) is 10.3 Å². The van der Waals surface area contributed by atoms with Crippen LogP contribution in [0.3, 0.4) is 0 Å². The lowest BCUT2D eigenvalue weighted by Crippen LogP contribution is -2.12. The van der Waals surface area contributed by atoms with E-state index in [4.69, 9.17) is 15.3 Å². The highest BCUT2D eigenvalue weighted by atomic mass is 32.1. The molecule has 2 aromatic rings. The van der Waals surface area contributed by atoms with Gasteiger partial charge in [-0.2, -0.15) is 0 Å². The lowest BCUT2D eigenvalue weighted by atomic mass is 10.0. The van der Waals surface area contributed by atoms with Crippen molar-refractivity contribution < 1.29 is 14.3 Å². The van der Waals surface area contributed by atoms with Gasteiger partial charge in [-0.15, -0.1) is 0 Å². The minimum atomic E-state index is -0.889. The number of aliphatic carboxylic acids is 1. The molecule has 0 spiro atoms. The van der Waals surface area contributed by atoms with Gasteiger partial charge in [-0.05, 0) is 12.5 Å². The number of para-hydroxylation sites is 1. The van der Waals surface area contributed by atoms with Crippen LogP contribution in [0, 0.1) is 0 Å². The SMILES string of the molecule is NC(CCC(=O)O)c1cccc2sc(=O)oc12. The molecule has 3 N–H and O–H groups in total. The fourth-order valence-corrected chi connectivity index (χ4v) is 2.35. The van der Waals surface area contributed by atoms with Crippen LogP contribution in [-0.2, 0) is 4.79 Å². The zero-order chi connectivity index (χ0) is 12.4. The molecule has 0 aliphatic heterocycles. The monoisotopic (exact) mass is 253 g/mol. The molecule has 0 aliphatic rings. The minimum absolute atomic E-state index is 0.00801. The van der Waals surface area contributed by atoms with Gasteiger partial charge in [-0.1, -0.05) is 23.5 Å². The Morgan fingerprint density at radius 1 is 1.53 bits per heavy atom. The first-order valence-electron chi connectivity index (χ1n) is 5.08. The van der Waals surface area contributed by atoms with Crippen molar-refractivity contribution in [2.45, 2.75) is 18.9 Å². The molecule has 0 saturated carbocycles. The highest BCUT2D eigenvalue weighted by Gasteiger charge is 2.14. The Kier molecular flexibility index (Phi) is 3.26. The van der Waals surface area contributed by atoms with Crippen molar-refractivity contribution in [3.63, 3.8) is 0 Å². The van der Waals surface area contributed by atoms with Crippen molar-refractivity contribution in [1.29, 1.82) is 0 Å². The maximum atomic E-state index is 11.1. The van der Waals surface area contributed by atoms with Crippen LogP contribution in [0.2, 0.25) is 0 Å². The highest BCUT2D eigenvalue weighted by Crippen LogP contribution is 2.26. The minimum Gasteiger partial charge on any atom is -0.481 e. The average molecular weight is 253 g/mol. The fourth-order valence-electron chi connectivity index (χ4n) is 1.64. The van der Waals surface area contributed by atoms with Crippen molar-refractivity contribution in [3.8, 4) is 0 Å². The summed E-state index contributed by atoms with van der Waals surface area (Å²) >= 11 is 1.01. The molecule has 1 heterocycles. The van der Waals surface area contributed by atoms with Gasteiger partial charge < -0.3 is 15.3 Å². The van der Waals surface area contributed by atoms with Gasteiger partial charge >= 0.3 is 10.9 Å². The zero-order valence-electron chi connectivity index (χ0n) is 8.88. The number of nitrogens with two attached hydrogens (primary N) is 1. The van der Waals surface area contributed by atoms with E-state index in [2.05, 4.69) is 0 Å². The molecule has 2 rings (SSSR count). The third-order valence-electron chi connectivity index (χ3n) is 2.46. The first-order valence-corrected chi connectivity index (χ1v) is 5.89. The topological polar surface area (TPSA) is 93.5 Å². The van der Waals surface area contributed by atoms with E-state index in [1.807, 2.05) is 0 Å². The summed E-state index contributed by atoms with van der Waals surface area (Å²) in [5.74, 6) is -0.889. The Morgan fingerprint density at radius 2 is 2.29 bits per heavy atom. The molecule has 5 nitrogen and oxygen atoms in total. The van der Waals surface area contributed by atoms with Crippen molar-refractivity contribution in [2.75, 3.05) is 0 Å². The summed E-state index contributed by atoms with van der Waals surface area (Å²) in [4.78, 5) is 21.2. The lowest BCUT2D eigenvalue weighted by molar-refractivity contribution is -0.137. The summed E-state index contributed by atoms with van der Waals surface area (Å²) in [7, 11) is 0. The van der Waals surface area contributed by atoms with Gasteiger partial charge in [0.05, 0.1) is 4.70 Å². The van der Waals surface area contributed by atoms with Crippen LogP contribution in [-0.4, -0.2) is 11.1 Å². The summed E-state index contributed by atoms with van der Waals surface area (Å²) < 4.78 is 5.80. The van der Waals surface area contributed by atoms with E-state index in [0.29, 0.717) is 17.6 Å². The predicted molar refractivity (Wildman–Crippen MR) is 64.2 cm³/mol. The molecule has 0 aliphatic carbocycles. The molecule has 17 heavy (non-hydrogen) atoms. The van der Waals surface area contributed by atoms with Gasteiger partial charge in [0.15, 0.2) is 5.58 Å². The van der Waals surface area contributed by atoms with Crippen LogP contribution < -0.4 is 10.7 Å². The number of fused-ring (bicyclic) bond motifs is 1. The maximum Gasteiger partial charge on any atom is 0.396 e. The van der Waals surface area contributed by atoms with Crippen LogP contribution >= 0.6 is 11.3 Å². The summed E-state index contributed by atoms with van der Waals surface area (Å²) in [6.45, 7) is 0. The third kappa shape index (κ3) is 2.54. The number of hydrogen-bond acceptors (Lipinski definition) is 5. The van der Waals surface area contributed by atoms with E-state index < -0.39 is 12.0 Å². The molecule has 0 bridgehead atoms. The van der Waals surface area contributed by atoms with Gasteiger partial charge in [0.2, 0.25) is 0 Å². The number of rotatable bonds is 4. The second kappa shape index (κ2) is 4.68. The quantitative estimate of drug-likeness (QED) is 0.865. The van der Waals surface area contributed by atoms with Gasteiger partial charge in [-0.3, -0.25) is 4.79 Å². The molecule has 0 saturated heterocycles. The Bertz CT molecular complexity index is 601. The predicted octanol–water partition coefficient (Wildman–Crippen LogP) is 1.72. The van der Waals surface area contributed by atoms with Crippen molar-refractivity contribution >= 4 is 27.6 Å². The lowest BCUT2D eigenvalue weighted by Gasteiger charge is -2.10. The molecule has 90 valence electrons. The molecule has 1 atom stereocenters. The van der Waals surface area contributed by atoms with Gasteiger partial charge in [0, 0.05) is 18.0 Å². The fraction of sp³-hybridized carbons (Fsp3) is 0.273. The molecule has 0 radical (unpaired) electrons. The van der Waals surface area contributed by atoms with Crippen LogP contribution in [0.4, 0.5) is 0 Å². The number of carbonyl (C=O) groups is 1. The highest BCUT2D eigenvalue weighted by molar-refractivity contribution is 7.16. The Balaban J connectivity index is 2.34. The maximum absolute atomic E-state index is 11.1. The van der Waals surface area contributed by atoms with Crippen LogP contribution in [0.5, 0.6) is 0 Å². The summed E-state index contributed by atoms with van der Waals surface area (Å²) in [6, 6.07) is 4.87. The van der Waals surface area contributed by atoms with E-state index in [9.17, 15) is 9.59 Å².